The van der Waals surface area contributed by atoms with Gasteiger partial charge in [-0.25, -0.2) is 15.2 Å². The molecular weight excluding hydrogens is 304 g/mol. The summed E-state index contributed by atoms with van der Waals surface area (Å²) >= 11 is 11.9. The third-order valence-electron chi connectivity index (χ3n) is 2.58. The molecular formula is C12H12Cl2FN5. The average molecular weight is 316 g/mol. The van der Waals surface area contributed by atoms with Crippen LogP contribution in [0, 0.1) is 5.82 Å². The fourth-order valence-corrected chi connectivity index (χ4v) is 2.10. The second kappa shape index (κ2) is 6.69. The number of nitrogens with one attached hydrogen (secondary N) is 2. The number of anilines is 2. The van der Waals surface area contributed by atoms with E-state index in [1.54, 1.807) is 12.1 Å². The number of hydrogen-bond acceptors (Lipinski definition) is 5. The Hall–Kier alpha value is -1.63. The third kappa shape index (κ3) is 3.69. The van der Waals surface area contributed by atoms with Crippen LogP contribution >= 0.6 is 23.2 Å². The highest BCUT2D eigenvalue weighted by molar-refractivity contribution is 6.35. The molecule has 8 heteroatoms. The molecule has 20 heavy (non-hydrogen) atoms. The van der Waals surface area contributed by atoms with Crippen molar-refractivity contribution in [3.63, 3.8) is 0 Å². The largest absolute Gasteiger partial charge is 0.367 e. The van der Waals surface area contributed by atoms with Gasteiger partial charge in [0.05, 0.1) is 6.20 Å². The van der Waals surface area contributed by atoms with Crippen LogP contribution in [0.3, 0.4) is 0 Å². The van der Waals surface area contributed by atoms with Gasteiger partial charge in [-0.15, -0.1) is 0 Å². The summed E-state index contributed by atoms with van der Waals surface area (Å²) in [4.78, 5) is 7.52. The molecule has 0 radical (unpaired) electrons. The Labute approximate surface area is 125 Å². The minimum Gasteiger partial charge on any atom is -0.367 e. The number of benzene rings is 1. The minimum atomic E-state index is -0.550. The van der Waals surface area contributed by atoms with Gasteiger partial charge in [-0.3, -0.25) is 5.43 Å². The first-order valence-corrected chi connectivity index (χ1v) is 6.52. The highest BCUT2D eigenvalue weighted by Gasteiger charge is 2.06. The molecule has 0 saturated heterocycles. The molecule has 0 atom stereocenters. The molecule has 4 N–H and O–H groups in total. The molecule has 5 nitrogen and oxygen atoms in total. The summed E-state index contributed by atoms with van der Waals surface area (Å²) < 4.78 is 13.5. The van der Waals surface area contributed by atoms with E-state index in [-0.39, 0.29) is 11.8 Å². The first-order valence-electron chi connectivity index (χ1n) is 5.77. The van der Waals surface area contributed by atoms with Gasteiger partial charge in [-0.05, 0) is 24.1 Å². The summed E-state index contributed by atoms with van der Waals surface area (Å²) in [5, 5.41) is 4.02. The number of halogens is 3. The summed E-state index contributed by atoms with van der Waals surface area (Å²) in [6.07, 6.45) is 1.64. The van der Waals surface area contributed by atoms with Crippen LogP contribution < -0.4 is 16.6 Å². The summed E-state index contributed by atoms with van der Waals surface area (Å²) in [5.41, 5.74) is 3.17. The number of nitrogens with zero attached hydrogens (tertiary/aromatic N) is 2. The minimum absolute atomic E-state index is 0.0815. The molecule has 0 spiro atoms. The number of rotatable bonds is 5. The van der Waals surface area contributed by atoms with E-state index in [4.69, 9.17) is 29.0 Å². The van der Waals surface area contributed by atoms with E-state index >= 15 is 0 Å². The van der Waals surface area contributed by atoms with Gasteiger partial charge < -0.3 is 5.32 Å². The van der Waals surface area contributed by atoms with Crippen LogP contribution in [0.25, 0.3) is 0 Å². The Balaban J connectivity index is 1.99. The van der Waals surface area contributed by atoms with Crippen molar-refractivity contribution in [2.45, 2.75) is 6.42 Å². The Kier molecular flexibility index (Phi) is 4.94. The maximum absolute atomic E-state index is 13.5. The fraction of sp³-hybridized carbons (Fsp3) is 0.167. The van der Waals surface area contributed by atoms with Crippen LogP contribution in [-0.4, -0.2) is 16.5 Å². The standard InChI is InChI=1S/C12H12Cl2FN5/c13-8-2-1-7(9(14)5-8)3-4-17-11-10(15)6-18-12(19-11)20-16/h1-2,5-6H,3-4,16H2,(H2,17,18,19,20). The maximum Gasteiger partial charge on any atom is 0.239 e. The van der Waals surface area contributed by atoms with Crippen LogP contribution in [0.2, 0.25) is 10.0 Å². The van der Waals surface area contributed by atoms with E-state index in [0.29, 0.717) is 23.0 Å². The van der Waals surface area contributed by atoms with E-state index in [1.807, 2.05) is 6.07 Å². The quantitative estimate of drug-likeness (QED) is 0.584. The molecule has 106 valence electrons. The highest BCUT2D eigenvalue weighted by Crippen LogP contribution is 2.21. The van der Waals surface area contributed by atoms with Crippen molar-refractivity contribution >= 4 is 35.0 Å². The van der Waals surface area contributed by atoms with Crippen molar-refractivity contribution in [3.05, 3.63) is 45.8 Å². The second-order valence-corrected chi connectivity index (χ2v) is 4.79. The Bertz CT molecular complexity index is 608. The van der Waals surface area contributed by atoms with Crippen LogP contribution in [0.4, 0.5) is 16.2 Å². The topological polar surface area (TPSA) is 75.9 Å². The molecule has 2 aromatic rings. The molecule has 1 aromatic heterocycles. The van der Waals surface area contributed by atoms with Gasteiger partial charge in [-0.1, -0.05) is 29.3 Å². The van der Waals surface area contributed by atoms with Crippen molar-refractivity contribution in [1.82, 2.24) is 9.97 Å². The molecule has 0 amide bonds. The molecule has 0 fully saturated rings. The van der Waals surface area contributed by atoms with E-state index in [1.165, 1.54) is 0 Å². The number of nitrogen functional groups attached to an aromatic ring is 1. The SMILES string of the molecule is NNc1ncc(F)c(NCCc2ccc(Cl)cc2Cl)n1. The zero-order valence-electron chi connectivity index (χ0n) is 10.3. The normalized spacial score (nSPS) is 10.4. The number of hydrazine groups is 1. The van der Waals surface area contributed by atoms with Gasteiger partial charge in [-0.2, -0.15) is 4.98 Å². The van der Waals surface area contributed by atoms with Crippen LogP contribution in [-0.2, 0) is 6.42 Å². The van der Waals surface area contributed by atoms with Gasteiger partial charge in [0.2, 0.25) is 5.95 Å². The lowest BCUT2D eigenvalue weighted by Crippen LogP contribution is -2.14. The maximum atomic E-state index is 13.5. The van der Waals surface area contributed by atoms with Gasteiger partial charge in [0.1, 0.15) is 0 Å². The second-order valence-electron chi connectivity index (χ2n) is 3.95. The van der Waals surface area contributed by atoms with Crippen molar-refractivity contribution in [3.8, 4) is 0 Å². The summed E-state index contributed by atoms with van der Waals surface area (Å²) in [5.74, 6) is 4.84. The smallest absolute Gasteiger partial charge is 0.239 e. The predicted octanol–water partition coefficient (Wildman–Crippen LogP) is 2.86. The van der Waals surface area contributed by atoms with Crippen molar-refractivity contribution < 1.29 is 4.39 Å². The van der Waals surface area contributed by atoms with Crippen molar-refractivity contribution in [2.75, 3.05) is 17.3 Å². The van der Waals surface area contributed by atoms with E-state index in [9.17, 15) is 4.39 Å². The zero-order chi connectivity index (χ0) is 14.5. The Morgan fingerprint density at radius 2 is 2.10 bits per heavy atom. The van der Waals surface area contributed by atoms with E-state index in [0.717, 1.165) is 11.8 Å². The van der Waals surface area contributed by atoms with Gasteiger partial charge >= 0.3 is 0 Å². The molecule has 1 aromatic carbocycles. The van der Waals surface area contributed by atoms with Gasteiger partial charge in [0.15, 0.2) is 11.6 Å². The first kappa shape index (κ1) is 14.8. The molecule has 0 bridgehead atoms. The predicted molar refractivity (Wildman–Crippen MR) is 78.5 cm³/mol. The van der Waals surface area contributed by atoms with Crippen LogP contribution in [0.15, 0.2) is 24.4 Å². The Morgan fingerprint density at radius 1 is 1.30 bits per heavy atom. The summed E-state index contributed by atoms with van der Waals surface area (Å²) in [7, 11) is 0. The zero-order valence-corrected chi connectivity index (χ0v) is 11.8. The lowest BCUT2D eigenvalue weighted by atomic mass is 10.1. The van der Waals surface area contributed by atoms with E-state index in [2.05, 4.69) is 20.7 Å². The molecule has 0 unspecified atom stereocenters. The van der Waals surface area contributed by atoms with E-state index < -0.39 is 5.82 Å². The molecule has 0 aliphatic rings. The van der Waals surface area contributed by atoms with Gasteiger partial charge in [0.25, 0.3) is 0 Å². The van der Waals surface area contributed by atoms with Gasteiger partial charge in [0, 0.05) is 16.6 Å². The number of nitrogens with two attached hydrogens (primary N) is 1. The Morgan fingerprint density at radius 3 is 2.80 bits per heavy atom. The van der Waals surface area contributed by atoms with Crippen molar-refractivity contribution in [1.29, 1.82) is 0 Å². The molecule has 2 rings (SSSR count). The van der Waals surface area contributed by atoms with Crippen molar-refractivity contribution in [2.24, 2.45) is 5.84 Å². The first-order chi connectivity index (χ1) is 9.60. The highest BCUT2D eigenvalue weighted by atomic mass is 35.5. The summed E-state index contributed by atoms with van der Waals surface area (Å²) in [6, 6.07) is 5.25. The molecule has 0 aliphatic heterocycles. The molecule has 0 saturated carbocycles. The van der Waals surface area contributed by atoms with Crippen LogP contribution in [0.1, 0.15) is 5.56 Å². The third-order valence-corrected chi connectivity index (χ3v) is 3.16. The lowest BCUT2D eigenvalue weighted by Gasteiger charge is -2.09. The number of hydrogen-bond donors (Lipinski definition) is 3. The average Bonchev–Trinajstić information content (AvgIpc) is 2.43. The number of aromatic nitrogens is 2. The summed E-state index contributed by atoms with van der Waals surface area (Å²) in [6.45, 7) is 0.458. The monoisotopic (exact) mass is 315 g/mol. The molecule has 1 heterocycles. The molecule has 0 aliphatic carbocycles. The fourth-order valence-electron chi connectivity index (χ4n) is 1.60. The lowest BCUT2D eigenvalue weighted by molar-refractivity contribution is 0.617. The van der Waals surface area contributed by atoms with Crippen LogP contribution in [0.5, 0.6) is 0 Å².